The van der Waals surface area contributed by atoms with Crippen LogP contribution < -0.4 is 9.47 Å². The predicted octanol–water partition coefficient (Wildman–Crippen LogP) is 4.15. The van der Waals surface area contributed by atoms with Crippen molar-refractivity contribution in [1.82, 2.24) is 15.0 Å². The van der Waals surface area contributed by atoms with E-state index in [0.29, 0.717) is 38.1 Å². The number of aromatic nitrogens is 3. The Kier molecular flexibility index (Phi) is 6.33. The second-order valence-electron chi connectivity index (χ2n) is 5.37. The van der Waals surface area contributed by atoms with Crippen LogP contribution in [0.5, 0.6) is 11.8 Å². The Labute approximate surface area is 171 Å². The molecule has 9 heteroatoms. The molecule has 0 saturated carbocycles. The lowest BCUT2D eigenvalue weighted by Crippen LogP contribution is -2.07. The number of nitrogens with zero attached hydrogens (tertiary/aromatic N) is 3. The lowest BCUT2D eigenvalue weighted by Gasteiger charge is -2.12. The van der Waals surface area contributed by atoms with Crippen molar-refractivity contribution in [2.24, 2.45) is 0 Å². The molecule has 0 spiro atoms. The van der Waals surface area contributed by atoms with Gasteiger partial charge in [0.1, 0.15) is 10.6 Å². The molecule has 0 aliphatic rings. The molecule has 0 bridgehead atoms. The van der Waals surface area contributed by atoms with Gasteiger partial charge in [-0.15, -0.1) is 0 Å². The van der Waals surface area contributed by atoms with Gasteiger partial charge in [0.2, 0.25) is 16.9 Å². The van der Waals surface area contributed by atoms with Crippen LogP contribution in [0.15, 0.2) is 52.8 Å². The summed E-state index contributed by atoms with van der Waals surface area (Å²) in [7, 11) is 4.31. The number of hydrogen-bond donors (Lipinski definition) is 0. The van der Waals surface area contributed by atoms with Gasteiger partial charge >= 0.3 is 5.97 Å². The van der Waals surface area contributed by atoms with Gasteiger partial charge in [-0.05, 0) is 35.5 Å². The molecular formula is C19H16ClN3O4S. The molecule has 0 aliphatic heterocycles. The van der Waals surface area contributed by atoms with Gasteiger partial charge in [0.25, 0.3) is 0 Å². The summed E-state index contributed by atoms with van der Waals surface area (Å²) in [5.74, 6) is 0.154. The standard InChI is InChI=1S/C19H16ClN3O4S/c1-25-14-10-15(26-2)23-19(22-14)28-17-16(18(24)27-3)13(8-9-21-17)11-4-6-12(20)7-5-11/h4-10H,1-3H3. The molecule has 2 heterocycles. The summed E-state index contributed by atoms with van der Waals surface area (Å²) in [5.41, 5.74) is 1.77. The van der Waals surface area contributed by atoms with Crippen molar-refractivity contribution in [2.45, 2.75) is 10.2 Å². The van der Waals surface area contributed by atoms with Gasteiger partial charge in [-0.1, -0.05) is 23.7 Å². The molecule has 3 rings (SSSR count). The lowest BCUT2D eigenvalue weighted by molar-refractivity contribution is 0.0597. The van der Waals surface area contributed by atoms with Crippen LogP contribution in [-0.2, 0) is 4.74 Å². The maximum atomic E-state index is 12.5. The fraction of sp³-hybridized carbons (Fsp3) is 0.158. The van der Waals surface area contributed by atoms with Crippen LogP contribution in [-0.4, -0.2) is 42.3 Å². The number of ether oxygens (including phenoxy) is 3. The third kappa shape index (κ3) is 4.35. The van der Waals surface area contributed by atoms with Crippen molar-refractivity contribution in [2.75, 3.05) is 21.3 Å². The molecule has 28 heavy (non-hydrogen) atoms. The summed E-state index contributed by atoms with van der Waals surface area (Å²) in [4.78, 5) is 25.4. The molecule has 1 aromatic carbocycles. The number of carbonyl (C=O) groups is 1. The van der Waals surface area contributed by atoms with Crippen molar-refractivity contribution in [3.8, 4) is 22.9 Å². The highest BCUT2D eigenvalue weighted by Gasteiger charge is 2.21. The maximum Gasteiger partial charge on any atom is 0.341 e. The van der Waals surface area contributed by atoms with Gasteiger partial charge in [0.15, 0.2) is 0 Å². The zero-order chi connectivity index (χ0) is 20.1. The Morgan fingerprint density at radius 2 is 1.64 bits per heavy atom. The van der Waals surface area contributed by atoms with E-state index in [2.05, 4.69) is 15.0 Å². The first-order valence-corrected chi connectivity index (χ1v) is 9.23. The van der Waals surface area contributed by atoms with Crippen LogP contribution in [0.3, 0.4) is 0 Å². The first-order chi connectivity index (χ1) is 13.5. The highest BCUT2D eigenvalue weighted by atomic mass is 35.5. The molecule has 3 aromatic rings. The van der Waals surface area contributed by atoms with E-state index in [1.54, 1.807) is 30.5 Å². The quantitative estimate of drug-likeness (QED) is 0.437. The molecule has 0 saturated heterocycles. The molecule has 0 fully saturated rings. The summed E-state index contributed by atoms with van der Waals surface area (Å²) in [6.45, 7) is 0. The Hall–Kier alpha value is -2.84. The summed E-state index contributed by atoms with van der Waals surface area (Å²) in [6.07, 6.45) is 1.61. The van der Waals surface area contributed by atoms with E-state index in [9.17, 15) is 4.79 Å². The number of hydrogen-bond acceptors (Lipinski definition) is 8. The van der Waals surface area contributed by atoms with Crippen LogP contribution in [0, 0.1) is 0 Å². The second-order valence-corrected chi connectivity index (χ2v) is 6.77. The number of halogens is 1. The molecule has 0 unspecified atom stereocenters. The minimum atomic E-state index is -0.518. The summed E-state index contributed by atoms with van der Waals surface area (Å²) >= 11 is 7.08. The van der Waals surface area contributed by atoms with E-state index < -0.39 is 5.97 Å². The van der Waals surface area contributed by atoms with E-state index in [4.69, 9.17) is 25.8 Å². The minimum Gasteiger partial charge on any atom is -0.481 e. The zero-order valence-corrected chi connectivity index (χ0v) is 16.9. The molecule has 0 radical (unpaired) electrons. The Morgan fingerprint density at radius 3 is 2.21 bits per heavy atom. The fourth-order valence-corrected chi connectivity index (χ4v) is 3.39. The van der Waals surface area contributed by atoms with Crippen molar-refractivity contribution in [3.05, 3.63) is 53.2 Å². The normalized spacial score (nSPS) is 10.4. The van der Waals surface area contributed by atoms with E-state index in [1.807, 2.05) is 12.1 Å². The van der Waals surface area contributed by atoms with Crippen LogP contribution in [0.2, 0.25) is 5.02 Å². The minimum absolute atomic E-state index is 0.308. The summed E-state index contributed by atoms with van der Waals surface area (Å²) in [5, 5.41) is 1.32. The number of benzene rings is 1. The number of methoxy groups -OCH3 is 3. The number of pyridine rings is 1. The molecule has 0 aliphatic carbocycles. The van der Waals surface area contributed by atoms with Gasteiger partial charge in [0, 0.05) is 16.8 Å². The molecular weight excluding hydrogens is 402 g/mol. The topological polar surface area (TPSA) is 83.4 Å². The highest BCUT2D eigenvalue weighted by molar-refractivity contribution is 7.99. The number of esters is 1. The van der Waals surface area contributed by atoms with Gasteiger partial charge in [-0.25, -0.2) is 9.78 Å². The highest BCUT2D eigenvalue weighted by Crippen LogP contribution is 2.35. The Balaban J connectivity index is 2.10. The predicted molar refractivity (Wildman–Crippen MR) is 105 cm³/mol. The lowest BCUT2D eigenvalue weighted by atomic mass is 10.0. The van der Waals surface area contributed by atoms with E-state index in [-0.39, 0.29) is 0 Å². The smallest absolute Gasteiger partial charge is 0.341 e. The van der Waals surface area contributed by atoms with Gasteiger partial charge < -0.3 is 14.2 Å². The largest absolute Gasteiger partial charge is 0.481 e. The van der Waals surface area contributed by atoms with Gasteiger partial charge in [-0.3, -0.25) is 0 Å². The summed E-state index contributed by atoms with van der Waals surface area (Å²) < 4.78 is 15.3. The molecule has 0 atom stereocenters. The van der Waals surface area contributed by atoms with Gasteiger partial charge in [0.05, 0.1) is 27.4 Å². The molecule has 0 N–H and O–H groups in total. The monoisotopic (exact) mass is 417 g/mol. The second kappa shape index (κ2) is 8.90. The molecule has 2 aromatic heterocycles. The molecule has 0 amide bonds. The molecule has 144 valence electrons. The average Bonchev–Trinajstić information content (AvgIpc) is 2.73. The Morgan fingerprint density at radius 1 is 1.00 bits per heavy atom. The Bertz CT molecular complexity index is 977. The first kappa shape index (κ1) is 19.9. The summed E-state index contributed by atoms with van der Waals surface area (Å²) in [6, 6.07) is 10.4. The van der Waals surface area contributed by atoms with Gasteiger partial charge in [-0.2, -0.15) is 9.97 Å². The van der Waals surface area contributed by atoms with Crippen LogP contribution in [0.4, 0.5) is 0 Å². The third-order valence-corrected chi connectivity index (χ3v) is 4.85. The van der Waals surface area contributed by atoms with E-state index in [0.717, 1.165) is 17.3 Å². The van der Waals surface area contributed by atoms with Crippen molar-refractivity contribution in [3.63, 3.8) is 0 Å². The van der Waals surface area contributed by atoms with Crippen molar-refractivity contribution >= 4 is 29.3 Å². The molecule has 7 nitrogen and oxygen atoms in total. The number of rotatable bonds is 6. The van der Waals surface area contributed by atoms with Crippen molar-refractivity contribution in [1.29, 1.82) is 0 Å². The first-order valence-electron chi connectivity index (χ1n) is 8.04. The van der Waals surface area contributed by atoms with E-state index >= 15 is 0 Å². The van der Waals surface area contributed by atoms with E-state index in [1.165, 1.54) is 21.3 Å². The van der Waals surface area contributed by atoms with Crippen LogP contribution in [0.25, 0.3) is 11.1 Å². The van der Waals surface area contributed by atoms with Crippen LogP contribution >= 0.6 is 23.4 Å². The average molecular weight is 418 g/mol. The van der Waals surface area contributed by atoms with Crippen LogP contribution in [0.1, 0.15) is 10.4 Å². The third-order valence-electron chi connectivity index (χ3n) is 3.73. The van der Waals surface area contributed by atoms with Crippen molar-refractivity contribution < 1.29 is 19.0 Å². The SMILES string of the molecule is COC(=O)c1c(-c2ccc(Cl)cc2)ccnc1Sc1nc(OC)cc(OC)n1. The number of carbonyl (C=O) groups excluding carboxylic acids is 1. The maximum absolute atomic E-state index is 12.5. The zero-order valence-electron chi connectivity index (χ0n) is 15.3. The fourth-order valence-electron chi connectivity index (χ4n) is 2.41.